The Morgan fingerprint density at radius 2 is 1.83 bits per heavy atom. The van der Waals surface area contributed by atoms with Gasteiger partial charge in [0, 0.05) is 31.0 Å². The van der Waals surface area contributed by atoms with Crippen molar-refractivity contribution < 1.29 is 18.3 Å². The minimum Gasteiger partial charge on any atom is -0.435 e. The first-order valence-corrected chi connectivity index (χ1v) is 6.99. The topological polar surface area (TPSA) is 76.1 Å². The van der Waals surface area contributed by atoms with Crippen LogP contribution in [0.4, 0.5) is 14.7 Å². The van der Waals surface area contributed by atoms with E-state index in [1.54, 1.807) is 18.5 Å². The Bertz CT molecular complexity index is 609. The summed E-state index contributed by atoms with van der Waals surface area (Å²) in [6.07, 6.45) is 3.97. The van der Waals surface area contributed by atoms with Crippen molar-refractivity contribution in [2.24, 2.45) is 0 Å². The highest BCUT2D eigenvalue weighted by molar-refractivity contribution is 5.94. The van der Waals surface area contributed by atoms with E-state index in [1.807, 2.05) is 0 Å². The molecular formula is C15H16F2N4O2. The molecule has 8 heteroatoms. The Balaban J connectivity index is 1.68. The van der Waals surface area contributed by atoms with Crippen LogP contribution in [0.2, 0.25) is 0 Å². The van der Waals surface area contributed by atoms with Crippen LogP contribution < -0.4 is 15.4 Å². The van der Waals surface area contributed by atoms with Crippen LogP contribution >= 0.6 is 0 Å². The molecule has 0 atom stereocenters. The smallest absolute Gasteiger partial charge is 0.387 e. The molecule has 1 aromatic heterocycles. The van der Waals surface area contributed by atoms with Gasteiger partial charge in [-0.1, -0.05) is 0 Å². The van der Waals surface area contributed by atoms with E-state index in [0.29, 0.717) is 31.0 Å². The molecule has 1 heterocycles. The number of aromatic nitrogens is 2. The minimum absolute atomic E-state index is 0.0172. The maximum atomic E-state index is 12.0. The van der Waals surface area contributed by atoms with Crippen molar-refractivity contribution in [3.63, 3.8) is 0 Å². The lowest BCUT2D eigenvalue weighted by molar-refractivity contribution is -0.0498. The van der Waals surface area contributed by atoms with Gasteiger partial charge >= 0.3 is 6.61 Å². The second-order valence-electron chi connectivity index (χ2n) is 4.51. The fourth-order valence-corrected chi connectivity index (χ4v) is 1.77. The number of carbonyl (C=O) groups excluding carboxylic acids is 1. The maximum absolute atomic E-state index is 12.0. The Kier molecular flexibility index (Phi) is 6.22. The van der Waals surface area contributed by atoms with E-state index < -0.39 is 6.61 Å². The summed E-state index contributed by atoms with van der Waals surface area (Å²) >= 11 is 0. The highest BCUT2D eigenvalue weighted by atomic mass is 19.3. The van der Waals surface area contributed by atoms with Crippen LogP contribution in [0.25, 0.3) is 0 Å². The number of alkyl halides is 2. The number of nitrogens with zero attached hydrogens (tertiary/aromatic N) is 2. The number of carbonyl (C=O) groups is 1. The first-order valence-electron chi connectivity index (χ1n) is 6.99. The van der Waals surface area contributed by atoms with Crippen LogP contribution in [0.3, 0.4) is 0 Å². The van der Waals surface area contributed by atoms with Crippen LogP contribution in [0.1, 0.15) is 16.8 Å². The maximum Gasteiger partial charge on any atom is 0.387 e. The molecule has 0 radical (unpaired) electrons. The molecule has 1 amide bonds. The number of rotatable bonds is 8. The Morgan fingerprint density at radius 3 is 2.48 bits per heavy atom. The fraction of sp³-hybridized carbons (Fsp3) is 0.267. The van der Waals surface area contributed by atoms with Gasteiger partial charge in [0.05, 0.1) is 0 Å². The van der Waals surface area contributed by atoms with Gasteiger partial charge in [-0.3, -0.25) is 4.79 Å². The summed E-state index contributed by atoms with van der Waals surface area (Å²) < 4.78 is 28.3. The number of nitrogens with one attached hydrogen (secondary N) is 2. The Labute approximate surface area is 131 Å². The molecule has 0 aliphatic carbocycles. The molecule has 0 saturated heterocycles. The van der Waals surface area contributed by atoms with Crippen LogP contribution in [0.15, 0.2) is 42.7 Å². The van der Waals surface area contributed by atoms with Crippen molar-refractivity contribution in [3.05, 3.63) is 48.3 Å². The molecule has 122 valence electrons. The van der Waals surface area contributed by atoms with E-state index in [9.17, 15) is 13.6 Å². The van der Waals surface area contributed by atoms with Gasteiger partial charge in [0.25, 0.3) is 5.91 Å². The molecule has 0 aliphatic rings. The molecular weight excluding hydrogens is 306 g/mol. The minimum atomic E-state index is -2.88. The van der Waals surface area contributed by atoms with Crippen molar-refractivity contribution in [2.75, 3.05) is 18.4 Å². The fourth-order valence-electron chi connectivity index (χ4n) is 1.77. The molecule has 0 aliphatic heterocycles. The molecule has 0 bridgehead atoms. The molecule has 23 heavy (non-hydrogen) atoms. The van der Waals surface area contributed by atoms with Crippen molar-refractivity contribution >= 4 is 11.9 Å². The molecule has 6 nitrogen and oxygen atoms in total. The third-order valence-electron chi connectivity index (χ3n) is 2.83. The van der Waals surface area contributed by atoms with Gasteiger partial charge in [0.2, 0.25) is 5.95 Å². The van der Waals surface area contributed by atoms with Crippen LogP contribution in [-0.4, -0.2) is 35.6 Å². The molecule has 0 unspecified atom stereocenters. The van der Waals surface area contributed by atoms with Gasteiger partial charge < -0.3 is 15.4 Å². The number of anilines is 1. The zero-order valence-corrected chi connectivity index (χ0v) is 12.2. The number of benzene rings is 1. The van der Waals surface area contributed by atoms with Crippen LogP contribution in [0.5, 0.6) is 5.75 Å². The predicted molar refractivity (Wildman–Crippen MR) is 80.5 cm³/mol. The van der Waals surface area contributed by atoms with E-state index in [2.05, 4.69) is 25.3 Å². The summed E-state index contributed by atoms with van der Waals surface area (Å²) in [6, 6.07) is 7.25. The average Bonchev–Trinajstić information content (AvgIpc) is 2.55. The van der Waals surface area contributed by atoms with Crippen molar-refractivity contribution in [1.29, 1.82) is 0 Å². The highest BCUT2D eigenvalue weighted by Gasteiger charge is 2.07. The number of ether oxygens (including phenoxy) is 1. The normalized spacial score (nSPS) is 10.4. The van der Waals surface area contributed by atoms with E-state index in [-0.39, 0.29) is 11.7 Å². The Morgan fingerprint density at radius 1 is 1.13 bits per heavy atom. The van der Waals surface area contributed by atoms with Gasteiger partial charge in [0.15, 0.2) is 0 Å². The quantitative estimate of drug-likeness (QED) is 0.729. The van der Waals surface area contributed by atoms with Crippen molar-refractivity contribution in [1.82, 2.24) is 15.3 Å². The van der Waals surface area contributed by atoms with Gasteiger partial charge in [-0.15, -0.1) is 0 Å². The summed E-state index contributed by atoms with van der Waals surface area (Å²) in [5, 5.41) is 5.76. The zero-order chi connectivity index (χ0) is 16.5. The van der Waals surface area contributed by atoms with E-state index in [0.717, 1.165) is 0 Å². The SMILES string of the molecule is O=C(NCCCNc1ncccn1)c1ccc(OC(F)F)cc1. The standard InChI is InChI=1S/C15H16F2N4O2/c16-14(17)23-12-5-3-11(4-6-12)13(22)18-7-1-8-19-15-20-9-2-10-21-15/h2-6,9-10,14H,1,7-8H2,(H,18,22)(H,19,20,21). The van der Waals surface area contributed by atoms with Gasteiger partial charge in [-0.25, -0.2) is 9.97 Å². The van der Waals surface area contributed by atoms with Crippen LogP contribution in [0, 0.1) is 0 Å². The highest BCUT2D eigenvalue weighted by Crippen LogP contribution is 2.14. The molecule has 2 N–H and O–H groups in total. The molecule has 0 fully saturated rings. The lowest BCUT2D eigenvalue weighted by atomic mass is 10.2. The summed E-state index contributed by atoms with van der Waals surface area (Å²) in [6.45, 7) is -1.80. The summed E-state index contributed by atoms with van der Waals surface area (Å²) in [5.74, 6) is 0.279. The number of halogens is 2. The average molecular weight is 322 g/mol. The summed E-state index contributed by atoms with van der Waals surface area (Å²) in [4.78, 5) is 19.9. The first-order chi connectivity index (χ1) is 11.1. The monoisotopic (exact) mass is 322 g/mol. The largest absolute Gasteiger partial charge is 0.435 e. The summed E-state index contributed by atoms with van der Waals surface area (Å²) in [5.41, 5.74) is 0.381. The molecule has 2 aromatic rings. The van der Waals surface area contributed by atoms with Crippen molar-refractivity contribution in [2.45, 2.75) is 13.0 Å². The second kappa shape index (κ2) is 8.62. The third kappa shape index (κ3) is 5.85. The molecule has 2 rings (SSSR count). The Hall–Kier alpha value is -2.77. The zero-order valence-electron chi connectivity index (χ0n) is 12.2. The number of hydrogen-bond donors (Lipinski definition) is 2. The summed E-state index contributed by atoms with van der Waals surface area (Å²) in [7, 11) is 0. The van der Waals surface area contributed by atoms with Gasteiger partial charge in [-0.05, 0) is 36.8 Å². The van der Waals surface area contributed by atoms with Gasteiger partial charge in [-0.2, -0.15) is 8.78 Å². The van der Waals surface area contributed by atoms with Crippen molar-refractivity contribution in [3.8, 4) is 5.75 Å². The predicted octanol–water partition coefficient (Wildman–Crippen LogP) is 2.31. The lowest BCUT2D eigenvalue weighted by Gasteiger charge is -2.08. The molecule has 1 aromatic carbocycles. The van der Waals surface area contributed by atoms with Gasteiger partial charge in [0.1, 0.15) is 5.75 Å². The number of amides is 1. The molecule has 0 spiro atoms. The van der Waals surface area contributed by atoms with E-state index >= 15 is 0 Å². The first kappa shape index (κ1) is 16.6. The second-order valence-corrected chi connectivity index (χ2v) is 4.51. The third-order valence-corrected chi connectivity index (χ3v) is 2.83. The molecule has 0 saturated carbocycles. The van der Waals surface area contributed by atoms with E-state index in [4.69, 9.17) is 0 Å². The van der Waals surface area contributed by atoms with Crippen LogP contribution in [-0.2, 0) is 0 Å². The number of hydrogen-bond acceptors (Lipinski definition) is 5. The lowest BCUT2D eigenvalue weighted by Crippen LogP contribution is -2.25. The van der Waals surface area contributed by atoms with E-state index in [1.165, 1.54) is 24.3 Å².